The van der Waals surface area contributed by atoms with Crippen LogP contribution in [0.1, 0.15) is 46.5 Å². The van der Waals surface area contributed by atoms with Gasteiger partial charge in [-0.3, -0.25) is 0 Å². The highest BCUT2D eigenvalue weighted by Gasteiger charge is 2.18. The summed E-state index contributed by atoms with van der Waals surface area (Å²) in [6.45, 7) is 7.19. The van der Waals surface area contributed by atoms with Crippen LogP contribution in [0.4, 0.5) is 11.5 Å². The van der Waals surface area contributed by atoms with E-state index in [9.17, 15) is 0 Å². The summed E-state index contributed by atoms with van der Waals surface area (Å²) in [6, 6.07) is 4.34. The highest BCUT2D eigenvalue weighted by Crippen LogP contribution is 2.27. The fraction of sp³-hybridized carbons (Fsp3) is 0.688. The minimum atomic E-state index is 0.465. The van der Waals surface area contributed by atoms with E-state index >= 15 is 0 Å². The van der Waals surface area contributed by atoms with E-state index in [1.54, 1.807) is 0 Å². The summed E-state index contributed by atoms with van der Waals surface area (Å²) < 4.78 is 5.67. The molecule has 1 aliphatic carbocycles. The summed E-state index contributed by atoms with van der Waals surface area (Å²) in [5.41, 5.74) is 6.52. The van der Waals surface area contributed by atoms with Gasteiger partial charge in [0.2, 0.25) is 5.88 Å². The van der Waals surface area contributed by atoms with Crippen LogP contribution in [0.15, 0.2) is 12.1 Å². The molecule has 1 aromatic heterocycles. The molecule has 0 bridgehead atoms. The van der Waals surface area contributed by atoms with Crippen molar-refractivity contribution in [1.29, 1.82) is 0 Å². The van der Waals surface area contributed by atoms with Crippen LogP contribution in [0.2, 0.25) is 0 Å². The average Bonchev–Trinajstić information content (AvgIpc) is 2.42. The predicted molar refractivity (Wildman–Crippen MR) is 84.0 cm³/mol. The first kappa shape index (κ1) is 14.9. The van der Waals surface area contributed by atoms with Crippen molar-refractivity contribution < 1.29 is 4.74 Å². The topological polar surface area (TPSA) is 60.2 Å². The Balaban J connectivity index is 1.96. The lowest BCUT2D eigenvalue weighted by Crippen LogP contribution is -2.25. The summed E-state index contributed by atoms with van der Waals surface area (Å²) in [5.74, 6) is 2.75. The molecule has 3 N–H and O–H groups in total. The van der Waals surface area contributed by atoms with E-state index in [1.807, 2.05) is 12.1 Å². The Bertz CT molecular complexity index is 426. The second kappa shape index (κ2) is 6.82. The first-order valence-corrected chi connectivity index (χ1v) is 7.70. The number of aromatic nitrogens is 1. The Morgan fingerprint density at radius 1 is 1.30 bits per heavy atom. The van der Waals surface area contributed by atoms with Crippen LogP contribution < -0.4 is 15.8 Å². The van der Waals surface area contributed by atoms with Gasteiger partial charge in [-0.05, 0) is 49.7 Å². The minimum absolute atomic E-state index is 0.465. The largest absolute Gasteiger partial charge is 0.476 e. The Labute approximate surface area is 122 Å². The Kier molecular flexibility index (Phi) is 5.10. The standard InChI is InChI=1S/C16H27N3O/c1-11(2)10-20-16-14(17)8-9-15(19-16)18-13-6-4-12(3)5-7-13/h8-9,11-13H,4-7,10,17H2,1-3H3,(H,18,19). The molecule has 0 radical (unpaired) electrons. The molecule has 0 spiro atoms. The van der Waals surface area contributed by atoms with Gasteiger partial charge in [0.1, 0.15) is 5.82 Å². The number of nitrogens with zero attached hydrogens (tertiary/aromatic N) is 1. The molecule has 0 saturated heterocycles. The molecule has 1 fully saturated rings. The van der Waals surface area contributed by atoms with Gasteiger partial charge in [0.15, 0.2) is 0 Å². The number of pyridine rings is 1. The number of nitrogens with one attached hydrogen (secondary N) is 1. The number of hydrogen-bond acceptors (Lipinski definition) is 4. The fourth-order valence-electron chi connectivity index (χ4n) is 2.51. The van der Waals surface area contributed by atoms with Crippen molar-refractivity contribution in [2.45, 2.75) is 52.5 Å². The van der Waals surface area contributed by atoms with Gasteiger partial charge in [-0.15, -0.1) is 0 Å². The second-order valence-corrected chi connectivity index (χ2v) is 6.40. The molecule has 112 valence electrons. The van der Waals surface area contributed by atoms with Crippen LogP contribution in [-0.4, -0.2) is 17.6 Å². The van der Waals surface area contributed by atoms with Crippen LogP contribution in [0, 0.1) is 11.8 Å². The second-order valence-electron chi connectivity index (χ2n) is 6.40. The molecule has 4 nitrogen and oxygen atoms in total. The van der Waals surface area contributed by atoms with E-state index in [2.05, 4.69) is 31.1 Å². The number of nitrogen functional groups attached to an aromatic ring is 1. The molecule has 2 rings (SSSR count). The van der Waals surface area contributed by atoms with Crippen molar-refractivity contribution in [2.24, 2.45) is 11.8 Å². The lowest BCUT2D eigenvalue weighted by atomic mass is 9.87. The van der Waals surface area contributed by atoms with E-state index in [0.29, 0.717) is 30.1 Å². The maximum absolute atomic E-state index is 5.91. The quantitative estimate of drug-likeness (QED) is 0.861. The summed E-state index contributed by atoms with van der Waals surface area (Å²) in [7, 11) is 0. The minimum Gasteiger partial charge on any atom is -0.476 e. The number of ether oxygens (including phenoxy) is 1. The maximum Gasteiger partial charge on any atom is 0.239 e. The Morgan fingerprint density at radius 2 is 2.00 bits per heavy atom. The predicted octanol–water partition coefficient (Wildman–Crippen LogP) is 3.69. The van der Waals surface area contributed by atoms with E-state index < -0.39 is 0 Å². The summed E-state index contributed by atoms with van der Waals surface area (Å²) in [6.07, 6.45) is 5.03. The molecular formula is C16H27N3O. The molecule has 20 heavy (non-hydrogen) atoms. The Morgan fingerprint density at radius 3 is 2.65 bits per heavy atom. The molecule has 1 heterocycles. The van der Waals surface area contributed by atoms with Crippen molar-refractivity contribution in [3.63, 3.8) is 0 Å². The van der Waals surface area contributed by atoms with Gasteiger partial charge in [0.25, 0.3) is 0 Å². The van der Waals surface area contributed by atoms with Gasteiger partial charge >= 0.3 is 0 Å². The number of rotatable bonds is 5. The molecule has 1 aromatic rings. The monoisotopic (exact) mass is 277 g/mol. The average molecular weight is 277 g/mol. The highest BCUT2D eigenvalue weighted by atomic mass is 16.5. The van der Waals surface area contributed by atoms with Gasteiger partial charge in [-0.2, -0.15) is 4.98 Å². The molecule has 0 aromatic carbocycles. The van der Waals surface area contributed by atoms with Crippen LogP contribution in [0.25, 0.3) is 0 Å². The van der Waals surface area contributed by atoms with Gasteiger partial charge in [-0.25, -0.2) is 0 Å². The zero-order chi connectivity index (χ0) is 14.5. The molecule has 0 aliphatic heterocycles. The van der Waals surface area contributed by atoms with E-state index in [4.69, 9.17) is 10.5 Å². The summed E-state index contributed by atoms with van der Waals surface area (Å²) >= 11 is 0. The third-order valence-corrected chi connectivity index (χ3v) is 3.81. The highest BCUT2D eigenvalue weighted by molar-refractivity contribution is 5.53. The first-order valence-electron chi connectivity index (χ1n) is 7.70. The number of anilines is 2. The van der Waals surface area contributed by atoms with Crippen molar-refractivity contribution in [1.82, 2.24) is 4.98 Å². The van der Waals surface area contributed by atoms with Crippen LogP contribution in [0.3, 0.4) is 0 Å². The molecule has 0 amide bonds. The normalized spacial score (nSPS) is 22.8. The van der Waals surface area contributed by atoms with Crippen LogP contribution in [-0.2, 0) is 0 Å². The fourth-order valence-corrected chi connectivity index (χ4v) is 2.51. The van der Waals surface area contributed by atoms with Gasteiger partial charge in [0, 0.05) is 6.04 Å². The van der Waals surface area contributed by atoms with E-state index in [1.165, 1.54) is 25.7 Å². The van der Waals surface area contributed by atoms with Crippen molar-refractivity contribution in [2.75, 3.05) is 17.7 Å². The summed E-state index contributed by atoms with van der Waals surface area (Å²) in [5, 5.41) is 3.51. The van der Waals surface area contributed by atoms with Gasteiger partial charge < -0.3 is 15.8 Å². The molecular weight excluding hydrogens is 250 g/mol. The lowest BCUT2D eigenvalue weighted by molar-refractivity contribution is 0.263. The van der Waals surface area contributed by atoms with Crippen molar-refractivity contribution in [3.05, 3.63) is 12.1 Å². The molecule has 0 unspecified atom stereocenters. The molecule has 4 heteroatoms. The zero-order valence-corrected chi connectivity index (χ0v) is 12.9. The van der Waals surface area contributed by atoms with E-state index in [-0.39, 0.29) is 0 Å². The third-order valence-electron chi connectivity index (χ3n) is 3.81. The molecule has 0 atom stereocenters. The van der Waals surface area contributed by atoms with Crippen molar-refractivity contribution in [3.8, 4) is 5.88 Å². The van der Waals surface area contributed by atoms with Gasteiger partial charge in [0.05, 0.1) is 12.3 Å². The van der Waals surface area contributed by atoms with Gasteiger partial charge in [-0.1, -0.05) is 20.8 Å². The third kappa shape index (κ3) is 4.29. The van der Waals surface area contributed by atoms with E-state index in [0.717, 1.165) is 11.7 Å². The molecule has 1 aliphatic rings. The first-order chi connectivity index (χ1) is 9.54. The van der Waals surface area contributed by atoms with Crippen LogP contribution >= 0.6 is 0 Å². The number of nitrogens with two attached hydrogens (primary N) is 1. The van der Waals surface area contributed by atoms with Crippen molar-refractivity contribution >= 4 is 11.5 Å². The number of hydrogen-bond donors (Lipinski definition) is 2. The SMILES string of the molecule is CC(C)COc1nc(NC2CCC(C)CC2)ccc1N. The Hall–Kier alpha value is -1.45. The zero-order valence-electron chi connectivity index (χ0n) is 12.9. The van der Waals surface area contributed by atoms with Crippen LogP contribution in [0.5, 0.6) is 5.88 Å². The summed E-state index contributed by atoms with van der Waals surface area (Å²) in [4.78, 5) is 4.50. The maximum atomic E-state index is 5.91. The smallest absolute Gasteiger partial charge is 0.239 e. The molecule has 1 saturated carbocycles. The lowest BCUT2D eigenvalue weighted by Gasteiger charge is -2.27.